The van der Waals surface area contributed by atoms with Crippen molar-refractivity contribution in [1.29, 1.82) is 0 Å². The van der Waals surface area contributed by atoms with Gasteiger partial charge in [-0.2, -0.15) is 4.31 Å². The molecule has 0 atom stereocenters. The SMILES string of the molecule is Cc1cc(Cl)cc2sc(N(CCN3CCOCC3)C(=O)c3ccc(S(=O)(=O)N4CCc5ccccc5C4)cc3)nc12. The van der Waals surface area contributed by atoms with Gasteiger partial charge in [0.1, 0.15) is 0 Å². The van der Waals surface area contributed by atoms with Crippen molar-refractivity contribution in [3.8, 4) is 0 Å². The topological polar surface area (TPSA) is 83.0 Å². The van der Waals surface area contributed by atoms with E-state index in [0.29, 0.717) is 61.5 Å². The standard InChI is InChI=1S/C30H31ClN4O4S2/c1-21-18-25(31)19-27-28(21)32-30(40-27)35(13-12-33-14-16-39-17-15-33)29(36)23-6-8-26(9-7-23)41(37,38)34-11-10-22-4-2-3-5-24(22)20-34/h2-9,18-19H,10-17,20H2,1H3. The third kappa shape index (κ3) is 5.90. The van der Waals surface area contributed by atoms with Crippen LogP contribution in [0, 0.1) is 6.92 Å². The number of aryl methyl sites for hydroxylation is 1. The maximum atomic E-state index is 13.9. The quantitative estimate of drug-likeness (QED) is 0.293. The number of hydrogen-bond acceptors (Lipinski definition) is 7. The minimum Gasteiger partial charge on any atom is -0.379 e. The summed E-state index contributed by atoms with van der Waals surface area (Å²) in [5.41, 5.74) is 4.39. The predicted octanol–water partition coefficient (Wildman–Crippen LogP) is 4.98. The molecule has 1 aromatic heterocycles. The van der Waals surface area contributed by atoms with Crippen molar-refractivity contribution in [2.24, 2.45) is 0 Å². The van der Waals surface area contributed by atoms with E-state index < -0.39 is 10.0 Å². The number of fused-ring (bicyclic) bond motifs is 2. The van der Waals surface area contributed by atoms with Crippen molar-refractivity contribution < 1.29 is 17.9 Å². The van der Waals surface area contributed by atoms with E-state index in [0.717, 1.165) is 34.4 Å². The Balaban J connectivity index is 1.26. The average molecular weight is 611 g/mol. The van der Waals surface area contributed by atoms with Crippen LogP contribution in [0.5, 0.6) is 0 Å². The lowest BCUT2D eigenvalue weighted by molar-refractivity contribution is 0.0391. The van der Waals surface area contributed by atoms with E-state index in [2.05, 4.69) is 4.90 Å². The van der Waals surface area contributed by atoms with Gasteiger partial charge in [0, 0.05) is 49.9 Å². The van der Waals surface area contributed by atoms with Crippen LogP contribution in [-0.2, 0) is 27.7 Å². The molecule has 0 saturated carbocycles. The highest BCUT2D eigenvalue weighted by atomic mass is 35.5. The van der Waals surface area contributed by atoms with Crippen molar-refractivity contribution >= 4 is 54.2 Å². The van der Waals surface area contributed by atoms with Crippen molar-refractivity contribution in [2.45, 2.75) is 24.8 Å². The number of rotatable bonds is 7. The van der Waals surface area contributed by atoms with Crippen LogP contribution in [0.15, 0.2) is 65.6 Å². The average Bonchev–Trinajstić information content (AvgIpc) is 3.41. The highest BCUT2D eigenvalue weighted by Crippen LogP contribution is 2.34. The number of carbonyl (C=O) groups excluding carboxylic acids is 1. The second-order valence-corrected chi connectivity index (χ2v) is 13.7. The number of nitrogens with zero attached hydrogens (tertiary/aromatic N) is 4. The number of hydrogen-bond donors (Lipinski definition) is 0. The molecule has 0 unspecified atom stereocenters. The second-order valence-electron chi connectivity index (χ2n) is 10.4. The van der Waals surface area contributed by atoms with Crippen LogP contribution in [0.1, 0.15) is 27.0 Å². The zero-order valence-electron chi connectivity index (χ0n) is 22.8. The first-order valence-electron chi connectivity index (χ1n) is 13.7. The molecule has 0 radical (unpaired) electrons. The van der Waals surface area contributed by atoms with E-state index in [1.165, 1.54) is 33.3 Å². The minimum atomic E-state index is -3.70. The van der Waals surface area contributed by atoms with Gasteiger partial charge in [-0.15, -0.1) is 0 Å². The summed E-state index contributed by atoms with van der Waals surface area (Å²) in [6, 6.07) is 17.9. The van der Waals surface area contributed by atoms with Gasteiger partial charge in [0.2, 0.25) is 10.0 Å². The van der Waals surface area contributed by atoms with Gasteiger partial charge in [-0.1, -0.05) is 47.2 Å². The largest absolute Gasteiger partial charge is 0.379 e. The predicted molar refractivity (Wildman–Crippen MR) is 162 cm³/mol. The number of sulfonamides is 1. The first kappa shape index (κ1) is 28.3. The molecular weight excluding hydrogens is 580 g/mol. The fourth-order valence-electron chi connectivity index (χ4n) is 5.36. The highest BCUT2D eigenvalue weighted by molar-refractivity contribution is 7.89. The van der Waals surface area contributed by atoms with E-state index >= 15 is 0 Å². The molecule has 8 nitrogen and oxygen atoms in total. The molecule has 6 rings (SSSR count). The number of halogens is 1. The molecule has 2 aliphatic heterocycles. The van der Waals surface area contributed by atoms with Gasteiger partial charge >= 0.3 is 0 Å². The molecule has 1 saturated heterocycles. The molecule has 1 fully saturated rings. The van der Waals surface area contributed by atoms with Crippen LogP contribution >= 0.6 is 22.9 Å². The molecule has 11 heteroatoms. The number of carbonyl (C=O) groups is 1. The highest BCUT2D eigenvalue weighted by Gasteiger charge is 2.29. The summed E-state index contributed by atoms with van der Waals surface area (Å²) in [7, 11) is -3.70. The minimum absolute atomic E-state index is 0.179. The van der Waals surface area contributed by atoms with Crippen molar-refractivity contribution in [3.63, 3.8) is 0 Å². The van der Waals surface area contributed by atoms with Crippen molar-refractivity contribution in [1.82, 2.24) is 14.2 Å². The molecule has 0 bridgehead atoms. The molecule has 3 aromatic carbocycles. The number of morpholine rings is 1. The normalized spacial score (nSPS) is 16.5. The number of anilines is 1. The first-order valence-corrected chi connectivity index (χ1v) is 16.3. The number of amides is 1. The van der Waals surface area contributed by atoms with Gasteiger partial charge < -0.3 is 4.74 Å². The Labute approximate surface area is 249 Å². The third-order valence-electron chi connectivity index (χ3n) is 7.69. The summed E-state index contributed by atoms with van der Waals surface area (Å²) in [4.78, 5) is 22.9. The van der Waals surface area contributed by atoms with Gasteiger partial charge in [0.15, 0.2) is 5.13 Å². The Hall–Kier alpha value is -2.86. The first-order chi connectivity index (χ1) is 19.8. The maximum Gasteiger partial charge on any atom is 0.260 e. The molecule has 0 spiro atoms. The van der Waals surface area contributed by atoms with Crippen LogP contribution < -0.4 is 4.90 Å². The van der Waals surface area contributed by atoms with E-state index in [9.17, 15) is 13.2 Å². The lowest BCUT2D eigenvalue weighted by Gasteiger charge is -2.29. The van der Waals surface area contributed by atoms with Crippen LogP contribution in [0.25, 0.3) is 10.2 Å². The van der Waals surface area contributed by atoms with Crippen LogP contribution in [0.4, 0.5) is 5.13 Å². The summed E-state index contributed by atoms with van der Waals surface area (Å²) >= 11 is 7.72. The number of aromatic nitrogens is 1. The Morgan fingerprint density at radius 2 is 1.78 bits per heavy atom. The Bertz CT molecular complexity index is 1680. The van der Waals surface area contributed by atoms with Gasteiger partial charge in [0.05, 0.1) is 28.3 Å². The molecule has 3 heterocycles. The molecule has 0 N–H and O–H groups in total. The molecule has 1 amide bonds. The summed E-state index contributed by atoms with van der Waals surface area (Å²) in [6.45, 7) is 6.81. The number of benzene rings is 3. The van der Waals surface area contributed by atoms with Crippen LogP contribution in [-0.4, -0.2) is 74.5 Å². The van der Waals surface area contributed by atoms with Gasteiger partial charge in [0.25, 0.3) is 5.91 Å². The van der Waals surface area contributed by atoms with E-state index in [1.807, 2.05) is 43.3 Å². The maximum absolute atomic E-state index is 13.9. The number of ether oxygens (including phenoxy) is 1. The fourth-order valence-corrected chi connectivity index (χ4v) is 8.22. The summed E-state index contributed by atoms with van der Waals surface area (Å²) in [5, 5.41) is 1.22. The lowest BCUT2D eigenvalue weighted by atomic mass is 10.0. The third-order valence-corrected chi connectivity index (χ3v) is 10.8. The van der Waals surface area contributed by atoms with E-state index in [-0.39, 0.29) is 10.8 Å². The lowest BCUT2D eigenvalue weighted by Crippen LogP contribution is -2.43. The molecule has 41 heavy (non-hydrogen) atoms. The Morgan fingerprint density at radius 3 is 2.54 bits per heavy atom. The number of thiazole rings is 1. The van der Waals surface area contributed by atoms with Gasteiger partial charge in [-0.25, -0.2) is 13.4 Å². The van der Waals surface area contributed by atoms with Crippen molar-refractivity contribution in [3.05, 3.63) is 87.9 Å². The second kappa shape index (κ2) is 11.8. The van der Waals surface area contributed by atoms with E-state index in [1.54, 1.807) is 17.0 Å². The zero-order chi connectivity index (χ0) is 28.6. The summed E-state index contributed by atoms with van der Waals surface area (Å²) in [5.74, 6) is -0.225. The molecule has 2 aliphatic rings. The Morgan fingerprint density at radius 1 is 1.05 bits per heavy atom. The van der Waals surface area contributed by atoms with Crippen LogP contribution in [0.2, 0.25) is 5.02 Å². The summed E-state index contributed by atoms with van der Waals surface area (Å²) in [6.07, 6.45) is 0.678. The molecule has 214 valence electrons. The smallest absolute Gasteiger partial charge is 0.260 e. The van der Waals surface area contributed by atoms with E-state index in [4.69, 9.17) is 21.3 Å². The molecule has 0 aliphatic carbocycles. The summed E-state index contributed by atoms with van der Waals surface area (Å²) < 4.78 is 34.8. The monoisotopic (exact) mass is 610 g/mol. The van der Waals surface area contributed by atoms with Gasteiger partial charge in [-0.3, -0.25) is 14.6 Å². The van der Waals surface area contributed by atoms with Crippen LogP contribution in [0.3, 0.4) is 0 Å². The van der Waals surface area contributed by atoms with Crippen molar-refractivity contribution in [2.75, 3.05) is 50.8 Å². The Kier molecular flexibility index (Phi) is 8.13. The zero-order valence-corrected chi connectivity index (χ0v) is 25.1. The molecule has 4 aromatic rings. The van der Waals surface area contributed by atoms with Gasteiger partial charge in [-0.05, 0) is 66.4 Å². The fraction of sp³-hybridized carbons (Fsp3) is 0.333. The molecular formula is C30H31ClN4O4S2.